The van der Waals surface area contributed by atoms with Gasteiger partial charge in [0, 0.05) is 61.7 Å². The Morgan fingerprint density at radius 2 is 0.779 bits per heavy atom. The van der Waals surface area contributed by atoms with Crippen LogP contribution >= 0.6 is 0 Å². The van der Waals surface area contributed by atoms with Crippen molar-refractivity contribution in [3.05, 3.63) is 0 Å². The lowest BCUT2D eigenvalue weighted by molar-refractivity contribution is -0.578. The summed E-state index contributed by atoms with van der Waals surface area (Å²) >= 11 is 0. The maximum Gasteiger partial charge on any atom is 0.217 e. The third-order valence-electron chi connectivity index (χ3n) is 20.3. The Bertz CT molecular complexity index is 1730. The van der Waals surface area contributed by atoms with Crippen molar-refractivity contribution in [2.45, 2.75) is 224 Å². The molecular weight excluding hydrogens is 883 g/mol. The lowest BCUT2D eigenvalue weighted by Crippen LogP contribution is -2.71. The van der Waals surface area contributed by atoms with Crippen molar-refractivity contribution in [3.8, 4) is 0 Å². The highest BCUT2D eigenvalue weighted by Gasteiger charge is 2.73. The van der Waals surface area contributed by atoms with Crippen LogP contribution in [0.15, 0.2) is 0 Å². The zero-order valence-electron chi connectivity index (χ0n) is 42.0. The predicted molar refractivity (Wildman–Crippen MR) is 235 cm³/mol. The normalized spacial score (nSPS) is 57.3. The van der Waals surface area contributed by atoms with Gasteiger partial charge in [-0.1, -0.05) is 41.5 Å². The summed E-state index contributed by atoms with van der Waals surface area (Å²) in [6.45, 7) is 20.6. The molecule has 68 heavy (non-hydrogen) atoms. The van der Waals surface area contributed by atoms with Gasteiger partial charge < -0.3 is 47.9 Å². The average Bonchev–Trinajstić information content (AvgIpc) is 3.78. The Morgan fingerprint density at radius 3 is 1.07 bits per heavy atom. The van der Waals surface area contributed by atoms with E-state index in [1.807, 2.05) is 20.8 Å². The molecule has 0 aromatic carbocycles. The second-order valence-electron chi connectivity index (χ2n) is 24.7. The van der Waals surface area contributed by atoms with Crippen LogP contribution < -0.4 is 5.32 Å². The largest absolute Gasteiger partial charge is 0.350 e. The molecule has 15 aliphatic rings. The van der Waals surface area contributed by atoms with Crippen molar-refractivity contribution in [2.75, 3.05) is 19.8 Å². The molecule has 17 heteroatoms. The van der Waals surface area contributed by atoms with Crippen molar-refractivity contribution in [1.29, 1.82) is 0 Å². The first kappa shape index (κ1) is 47.8. The number of nitrogens with one attached hydrogen (secondary N) is 1. The predicted octanol–water partition coefficient (Wildman–Crippen LogP) is 7.54. The van der Waals surface area contributed by atoms with Gasteiger partial charge in [0.15, 0.2) is 54.5 Å². The Morgan fingerprint density at radius 1 is 0.471 bits per heavy atom. The van der Waals surface area contributed by atoms with Crippen LogP contribution in [0.1, 0.15) is 146 Å². The maximum atomic E-state index is 13.6. The van der Waals surface area contributed by atoms with Gasteiger partial charge in [0.25, 0.3) is 0 Å². The fraction of sp³-hybridized carbons (Fsp3) is 0.980. The Labute approximate surface area is 401 Å². The minimum atomic E-state index is -1.25. The smallest absolute Gasteiger partial charge is 0.217 e. The van der Waals surface area contributed by atoms with E-state index in [0.717, 1.165) is 57.8 Å². The summed E-state index contributed by atoms with van der Waals surface area (Å²) in [5.41, 5.74) is -3.52. The van der Waals surface area contributed by atoms with E-state index < -0.39 is 77.4 Å². The molecule has 0 aromatic rings. The number of hydrogen-bond acceptors (Lipinski definition) is 16. The lowest BCUT2D eigenvalue weighted by atomic mass is 9.58. The molecule has 17 nitrogen and oxygen atoms in total. The van der Waals surface area contributed by atoms with E-state index >= 15 is 0 Å². The molecule has 384 valence electrons. The SMILES string of the molecule is CC(=O)NC(COC1O[C@@H]2O[C@@]3(C)CC[C@H]4[C@H](C)CC[C@@H]([C@H]1C)[C@@]24OO3)(COC1O[C@@H]2O[C@@]3(C)CC[C@H]4[C@H](C)CC[C@@H]([C@H]1C)[C@@]24OO3)COC1O[C@@H]2O[C@@]3(C)CC[C@H]4[C@H](C)CC[C@@H]([C@H]1C)[C@@]24OO3. The highest BCUT2D eigenvalue weighted by molar-refractivity contribution is 5.74. The van der Waals surface area contributed by atoms with E-state index in [0.29, 0.717) is 37.0 Å². The molecule has 12 saturated heterocycles. The molecule has 3 aliphatic carbocycles. The summed E-state index contributed by atoms with van der Waals surface area (Å²) in [6, 6.07) is 0. The van der Waals surface area contributed by atoms with Crippen LogP contribution in [0, 0.1) is 71.0 Å². The van der Waals surface area contributed by atoms with Gasteiger partial charge in [-0.05, 0) is 114 Å². The Kier molecular flexibility index (Phi) is 11.7. The zero-order chi connectivity index (χ0) is 47.4. The molecule has 3 spiro atoms. The molecule has 1 N–H and O–H groups in total. The van der Waals surface area contributed by atoms with Crippen LogP contribution in [-0.2, 0) is 76.8 Å². The van der Waals surface area contributed by atoms with Crippen LogP contribution in [0.4, 0.5) is 0 Å². The van der Waals surface area contributed by atoms with E-state index in [4.69, 9.17) is 72.0 Å². The van der Waals surface area contributed by atoms with Crippen molar-refractivity contribution >= 4 is 5.91 Å². The Hall–Kier alpha value is -1.13. The van der Waals surface area contributed by atoms with Gasteiger partial charge in [-0.15, -0.1) is 0 Å². The van der Waals surface area contributed by atoms with E-state index in [2.05, 4.69) is 46.9 Å². The zero-order valence-corrected chi connectivity index (χ0v) is 42.0. The number of carbonyl (C=O) groups excluding carboxylic acids is 1. The molecule has 15 rings (SSSR count). The Balaban J connectivity index is 0.844. The number of hydrogen-bond donors (Lipinski definition) is 1. The fourth-order valence-corrected chi connectivity index (χ4v) is 16.5. The van der Waals surface area contributed by atoms with Gasteiger partial charge in [-0.3, -0.25) is 4.79 Å². The monoisotopic (exact) mass is 962 g/mol. The molecule has 0 aromatic heterocycles. The molecule has 15 fully saturated rings. The summed E-state index contributed by atoms with van der Waals surface area (Å²) in [7, 11) is 0. The highest BCUT2D eigenvalue weighted by Crippen LogP contribution is 2.64. The lowest BCUT2D eigenvalue weighted by Gasteiger charge is -2.60. The number of amides is 1. The number of fused-ring (bicyclic) bond motifs is 6. The first-order valence-corrected chi connectivity index (χ1v) is 26.6. The van der Waals surface area contributed by atoms with Gasteiger partial charge >= 0.3 is 0 Å². The molecule has 24 atom stereocenters. The second kappa shape index (κ2) is 16.7. The number of carbonyl (C=O) groups is 1. The van der Waals surface area contributed by atoms with Gasteiger partial charge in [0.2, 0.25) is 23.3 Å². The second-order valence-corrected chi connectivity index (χ2v) is 24.7. The summed E-state index contributed by atoms with van der Waals surface area (Å²) in [5, 5.41) is 3.29. The minimum Gasteiger partial charge on any atom is -0.350 e. The van der Waals surface area contributed by atoms with Crippen molar-refractivity contribution in [1.82, 2.24) is 5.32 Å². The van der Waals surface area contributed by atoms with Crippen molar-refractivity contribution < 1.29 is 76.8 Å². The summed E-state index contributed by atoms with van der Waals surface area (Å²) in [6.07, 6.45) is 6.59. The highest BCUT2D eigenvalue weighted by atomic mass is 17.3. The van der Waals surface area contributed by atoms with E-state index in [9.17, 15) is 4.79 Å². The van der Waals surface area contributed by atoms with E-state index in [1.54, 1.807) is 0 Å². The van der Waals surface area contributed by atoms with Gasteiger partial charge in [0.1, 0.15) is 5.54 Å². The maximum absolute atomic E-state index is 13.6. The minimum absolute atomic E-state index is 0.0193. The molecule has 1 amide bonds. The number of rotatable bonds is 10. The van der Waals surface area contributed by atoms with Crippen LogP contribution in [0.2, 0.25) is 0 Å². The molecule has 12 heterocycles. The van der Waals surface area contributed by atoms with E-state index in [-0.39, 0.29) is 79.0 Å². The summed E-state index contributed by atoms with van der Waals surface area (Å²) in [4.78, 5) is 51.3. The number of ether oxygens (including phenoxy) is 9. The fourth-order valence-electron chi connectivity index (χ4n) is 16.5. The molecular formula is C51H79NO16. The average molecular weight is 962 g/mol. The van der Waals surface area contributed by atoms with Gasteiger partial charge in [-0.2, -0.15) is 0 Å². The van der Waals surface area contributed by atoms with Crippen molar-refractivity contribution in [2.24, 2.45) is 71.0 Å². The third-order valence-corrected chi connectivity index (χ3v) is 20.3. The van der Waals surface area contributed by atoms with Crippen LogP contribution in [-0.4, -0.2) is 103 Å². The van der Waals surface area contributed by atoms with E-state index in [1.165, 1.54) is 6.92 Å². The molecule has 3 saturated carbocycles. The van der Waals surface area contributed by atoms with Gasteiger partial charge in [0.05, 0.1) is 19.8 Å². The van der Waals surface area contributed by atoms with Crippen LogP contribution in [0.5, 0.6) is 0 Å². The molecule has 3 unspecified atom stereocenters. The first-order valence-electron chi connectivity index (χ1n) is 26.6. The standard InChI is InChI=1S/C51H79NO16/c1-26-11-14-36-29(4)39(57-42-49(36)33(26)17-20-45(8,60-42)63-66-49)54-23-48(52-32(7)53,24-55-40-30(5)37-15-12-27(2)34-18-21-46(9)61-43(58-40)50(34,37)67-64-46)25-56-41-31(6)38-16-13-28(3)35-19-22-47(10)62-44(59-41)51(35,38)68-65-47/h26-31,33-44H,11-25H2,1-10H3,(H,52,53)/t26-,27-,28-,29-,30-,31-,33+,34+,35+,36+,37+,38+,39?,40?,41?,42-,43-,44-,45-,46-,47-,48?,49-,50-,51-/m1/s1. The van der Waals surface area contributed by atoms with Crippen molar-refractivity contribution in [3.63, 3.8) is 0 Å². The summed E-state index contributed by atoms with van der Waals surface area (Å²) in [5.74, 6) is -1.41. The third kappa shape index (κ3) is 7.11. The molecule has 12 aliphatic heterocycles. The molecule has 0 radical (unpaired) electrons. The molecule has 6 bridgehead atoms. The van der Waals surface area contributed by atoms with Crippen LogP contribution in [0.3, 0.4) is 0 Å². The first-order chi connectivity index (χ1) is 32.4. The van der Waals surface area contributed by atoms with Crippen LogP contribution in [0.25, 0.3) is 0 Å². The summed E-state index contributed by atoms with van der Waals surface area (Å²) < 4.78 is 62.0. The van der Waals surface area contributed by atoms with Gasteiger partial charge in [-0.25, -0.2) is 29.3 Å². The topological polar surface area (TPSA) is 168 Å². The quantitative estimate of drug-likeness (QED) is 0.213.